The Bertz CT molecular complexity index is 450. The molecule has 0 aromatic heterocycles. The molecule has 0 atom stereocenters. The fourth-order valence-electron chi connectivity index (χ4n) is 2.39. The molecule has 1 amide bonds. The molecule has 0 spiro atoms. The van der Waals surface area contributed by atoms with Crippen LogP contribution in [-0.2, 0) is 0 Å². The molecule has 1 aliphatic carbocycles. The maximum atomic E-state index is 12.0. The van der Waals surface area contributed by atoms with E-state index in [2.05, 4.69) is 28.2 Å². The molecule has 1 aromatic carbocycles. The number of nitrogens with two attached hydrogens (primary N) is 1. The normalized spacial score (nSPS) is 17.0. The first-order valence-corrected chi connectivity index (χ1v) is 7.19. The van der Waals surface area contributed by atoms with E-state index < -0.39 is 0 Å². The average Bonchev–Trinajstić information content (AvgIpc) is 2.31. The minimum Gasteiger partial charge on any atom is -0.398 e. The van der Waals surface area contributed by atoms with Gasteiger partial charge in [0.2, 0.25) is 0 Å². The van der Waals surface area contributed by atoms with Gasteiger partial charge in [-0.1, -0.05) is 13.3 Å². The fourth-order valence-corrected chi connectivity index (χ4v) is 2.63. The van der Waals surface area contributed by atoms with Crippen LogP contribution in [-0.4, -0.2) is 12.5 Å². The Morgan fingerprint density at radius 3 is 2.72 bits per heavy atom. The molecule has 3 N–H and O–H groups in total. The molecule has 1 fully saturated rings. The van der Waals surface area contributed by atoms with E-state index in [4.69, 9.17) is 5.73 Å². The Balaban J connectivity index is 1.97. The van der Waals surface area contributed by atoms with E-state index in [9.17, 15) is 4.79 Å². The fraction of sp³-hybridized carbons (Fsp3) is 0.500. The highest BCUT2D eigenvalue weighted by atomic mass is 79.9. The predicted octanol–water partition coefficient (Wildman–Crippen LogP) is 3.34. The van der Waals surface area contributed by atoms with Crippen molar-refractivity contribution in [3.63, 3.8) is 0 Å². The van der Waals surface area contributed by atoms with Crippen LogP contribution in [0.5, 0.6) is 0 Å². The van der Waals surface area contributed by atoms with Crippen LogP contribution in [0.1, 0.15) is 43.0 Å². The summed E-state index contributed by atoms with van der Waals surface area (Å²) >= 11 is 3.32. The summed E-state index contributed by atoms with van der Waals surface area (Å²) in [5.41, 5.74) is 7.34. The summed E-state index contributed by atoms with van der Waals surface area (Å²) in [4.78, 5) is 12.0. The second-order valence-electron chi connectivity index (χ2n) is 5.13. The van der Waals surface area contributed by atoms with Crippen LogP contribution >= 0.6 is 15.9 Å². The summed E-state index contributed by atoms with van der Waals surface area (Å²) in [5.74, 6) is -0.0334. The second kappa shape index (κ2) is 5.31. The number of hydrogen-bond donors (Lipinski definition) is 2. The SMILES string of the molecule is CCC1(CNC(=O)c2ccc(Br)c(N)c2)CCC1. The Labute approximate surface area is 116 Å². The largest absolute Gasteiger partial charge is 0.398 e. The van der Waals surface area contributed by atoms with E-state index in [0.717, 1.165) is 17.4 Å². The van der Waals surface area contributed by atoms with Gasteiger partial charge in [-0.15, -0.1) is 0 Å². The van der Waals surface area contributed by atoms with E-state index in [1.165, 1.54) is 19.3 Å². The highest BCUT2D eigenvalue weighted by Gasteiger charge is 2.35. The van der Waals surface area contributed by atoms with Gasteiger partial charge in [-0.05, 0) is 58.8 Å². The average molecular weight is 311 g/mol. The van der Waals surface area contributed by atoms with E-state index in [-0.39, 0.29) is 5.91 Å². The van der Waals surface area contributed by atoms with Crippen molar-refractivity contribution >= 4 is 27.5 Å². The Kier molecular flexibility index (Phi) is 3.95. The van der Waals surface area contributed by atoms with E-state index in [1.807, 2.05) is 6.07 Å². The van der Waals surface area contributed by atoms with Crippen LogP contribution in [0.2, 0.25) is 0 Å². The van der Waals surface area contributed by atoms with Crippen LogP contribution in [0, 0.1) is 5.41 Å². The smallest absolute Gasteiger partial charge is 0.251 e. The zero-order valence-corrected chi connectivity index (χ0v) is 12.2. The van der Waals surface area contributed by atoms with Crippen LogP contribution in [0.3, 0.4) is 0 Å². The third kappa shape index (κ3) is 2.69. The molecule has 0 unspecified atom stereocenters. The molecular formula is C14H19BrN2O. The number of halogens is 1. The standard InChI is InChI=1S/C14H19BrN2O/c1-2-14(6-3-7-14)9-17-13(18)10-4-5-11(15)12(16)8-10/h4-5,8H,2-3,6-7,9,16H2,1H3,(H,17,18). The third-order valence-corrected chi connectivity index (χ3v) is 4.77. The summed E-state index contributed by atoms with van der Waals surface area (Å²) < 4.78 is 0.822. The van der Waals surface area contributed by atoms with E-state index >= 15 is 0 Å². The topological polar surface area (TPSA) is 55.1 Å². The number of hydrogen-bond acceptors (Lipinski definition) is 2. The maximum absolute atomic E-state index is 12.0. The van der Waals surface area contributed by atoms with Crippen molar-refractivity contribution in [3.8, 4) is 0 Å². The first-order chi connectivity index (χ1) is 8.56. The predicted molar refractivity (Wildman–Crippen MR) is 77.5 cm³/mol. The van der Waals surface area contributed by atoms with Crippen molar-refractivity contribution in [2.24, 2.45) is 5.41 Å². The molecule has 1 aliphatic rings. The molecule has 2 rings (SSSR count). The molecule has 1 saturated carbocycles. The summed E-state index contributed by atoms with van der Waals surface area (Å²) in [7, 11) is 0. The molecule has 3 nitrogen and oxygen atoms in total. The lowest BCUT2D eigenvalue weighted by Crippen LogP contribution is -2.41. The van der Waals surface area contributed by atoms with Crippen molar-refractivity contribution < 1.29 is 4.79 Å². The van der Waals surface area contributed by atoms with Gasteiger partial charge in [0.15, 0.2) is 0 Å². The van der Waals surface area contributed by atoms with Crippen molar-refractivity contribution in [2.75, 3.05) is 12.3 Å². The Morgan fingerprint density at radius 1 is 1.50 bits per heavy atom. The van der Waals surface area contributed by atoms with E-state index in [1.54, 1.807) is 12.1 Å². The molecular weight excluding hydrogens is 292 g/mol. The van der Waals surface area contributed by atoms with Crippen molar-refractivity contribution in [1.29, 1.82) is 0 Å². The van der Waals surface area contributed by atoms with Gasteiger partial charge in [0.05, 0.1) is 0 Å². The van der Waals surface area contributed by atoms with Gasteiger partial charge in [-0.25, -0.2) is 0 Å². The molecule has 4 heteroatoms. The number of nitrogen functional groups attached to an aromatic ring is 1. The molecule has 1 aromatic rings. The number of carbonyl (C=O) groups is 1. The number of benzene rings is 1. The zero-order valence-electron chi connectivity index (χ0n) is 10.6. The molecule has 18 heavy (non-hydrogen) atoms. The summed E-state index contributed by atoms with van der Waals surface area (Å²) in [6, 6.07) is 5.30. The number of rotatable bonds is 4. The van der Waals surface area contributed by atoms with Gasteiger partial charge >= 0.3 is 0 Å². The first-order valence-electron chi connectivity index (χ1n) is 6.39. The first kappa shape index (κ1) is 13.4. The van der Waals surface area contributed by atoms with Crippen molar-refractivity contribution in [2.45, 2.75) is 32.6 Å². The van der Waals surface area contributed by atoms with Gasteiger partial charge in [-0.3, -0.25) is 4.79 Å². The van der Waals surface area contributed by atoms with Crippen LogP contribution < -0.4 is 11.1 Å². The third-order valence-electron chi connectivity index (χ3n) is 4.05. The number of nitrogens with one attached hydrogen (secondary N) is 1. The number of carbonyl (C=O) groups excluding carboxylic acids is 1. The minimum atomic E-state index is -0.0334. The Morgan fingerprint density at radius 2 is 2.22 bits per heavy atom. The lowest BCUT2D eigenvalue weighted by Gasteiger charge is -2.41. The minimum absolute atomic E-state index is 0.0334. The van der Waals surface area contributed by atoms with Crippen LogP contribution in [0.15, 0.2) is 22.7 Å². The van der Waals surface area contributed by atoms with Crippen molar-refractivity contribution in [3.05, 3.63) is 28.2 Å². The highest BCUT2D eigenvalue weighted by molar-refractivity contribution is 9.10. The van der Waals surface area contributed by atoms with Crippen LogP contribution in [0.25, 0.3) is 0 Å². The van der Waals surface area contributed by atoms with Crippen LogP contribution in [0.4, 0.5) is 5.69 Å². The quantitative estimate of drug-likeness (QED) is 0.838. The molecule has 0 heterocycles. The maximum Gasteiger partial charge on any atom is 0.251 e. The number of amides is 1. The summed E-state index contributed by atoms with van der Waals surface area (Å²) in [5, 5.41) is 3.03. The van der Waals surface area contributed by atoms with Crippen molar-refractivity contribution in [1.82, 2.24) is 5.32 Å². The van der Waals surface area contributed by atoms with Gasteiger partial charge in [0, 0.05) is 22.3 Å². The van der Waals surface area contributed by atoms with Gasteiger partial charge in [0.25, 0.3) is 5.91 Å². The molecule has 0 radical (unpaired) electrons. The highest BCUT2D eigenvalue weighted by Crippen LogP contribution is 2.43. The van der Waals surface area contributed by atoms with E-state index in [0.29, 0.717) is 16.7 Å². The zero-order chi connectivity index (χ0) is 13.2. The second-order valence-corrected chi connectivity index (χ2v) is 5.98. The van der Waals surface area contributed by atoms with Gasteiger partial charge in [-0.2, -0.15) is 0 Å². The van der Waals surface area contributed by atoms with Gasteiger partial charge in [0.1, 0.15) is 0 Å². The molecule has 0 bridgehead atoms. The molecule has 98 valence electrons. The Hall–Kier alpha value is -1.03. The van der Waals surface area contributed by atoms with Gasteiger partial charge < -0.3 is 11.1 Å². The molecule has 0 saturated heterocycles. The molecule has 0 aliphatic heterocycles. The monoisotopic (exact) mass is 310 g/mol. The lowest BCUT2D eigenvalue weighted by molar-refractivity contribution is 0.0850. The lowest BCUT2D eigenvalue weighted by atomic mass is 9.67. The number of anilines is 1. The summed E-state index contributed by atoms with van der Waals surface area (Å²) in [6.07, 6.45) is 4.88. The summed E-state index contributed by atoms with van der Waals surface area (Å²) in [6.45, 7) is 2.97.